The number of alkyl halides is 2. The number of pyridine rings is 2. The highest BCUT2D eigenvalue weighted by atomic mass is 19.3. The molecule has 0 atom stereocenters. The number of carboxylic acid groups (broad SMARTS) is 1. The third kappa shape index (κ3) is 9.24. The molecule has 2 aromatic carbocycles. The van der Waals surface area contributed by atoms with Gasteiger partial charge in [-0.25, -0.2) is 28.4 Å². The number of nitrogens with zero attached hydrogens (tertiary/aromatic N) is 7. The van der Waals surface area contributed by atoms with Gasteiger partial charge in [0.1, 0.15) is 11.3 Å². The van der Waals surface area contributed by atoms with Crippen LogP contribution in [0.25, 0.3) is 38.9 Å². The van der Waals surface area contributed by atoms with Crippen LogP contribution in [0.3, 0.4) is 0 Å². The SMILES string of the molecule is CC(=O)O.COc1cc(-n2ncc3c(-c4cccc(Nc5nc(C(F)F)nc6cc(CNC7CCCCC7)cnc56)c4C)cccc32)ncc1CN(C)C1CCCC1. The van der Waals surface area contributed by atoms with E-state index in [0.29, 0.717) is 35.5 Å². The lowest BCUT2D eigenvalue weighted by Gasteiger charge is -2.24. The van der Waals surface area contributed by atoms with E-state index >= 15 is 0 Å². The standard InChI is InChI=1S/C42H47F2N9O.C2H4O2/c1-26-31(32-16-10-18-36-33(32)24-48-53(36)38-20-37(54-3)28(23-46-38)25-52(2)30-13-7-8-14-30)15-9-17-34(26)49-41-39-35(50-42(51-41)40(43)44)19-27(22-47-39)21-45-29-11-5-4-6-12-29;1-2(3)4/h9-10,15-20,22-24,29-30,40,45H,4-8,11-14,21,25H2,1-3H3,(H,49,50,51);1H3,(H,3,4). The van der Waals surface area contributed by atoms with Crippen LogP contribution < -0.4 is 15.4 Å². The number of aromatic nitrogens is 6. The first-order chi connectivity index (χ1) is 28.1. The first-order valence-electron chi connectivity index (χ1n) is 20.0. The molecule has 2 fully saturated rings. The number of ether oxygens (including phenoxy) is 1. The molecular formula is C44H51F2N9O3. The van der Waals surface area contributed by atoms with Gasteiger partial charge in [-0.1, -0.05) is 56.4 Å². The number of hydrogen-bond donors (Lipinski definition) is 3. The lowest BCUT2D eigenvalue weighted by Crippen LogP contribution is -2.30. The van der Waals surface area contributed by atoms with Gasteiger partial charge >= 0.3 is 0 Å². The van der Waals surface area contributed by atoms with E-state index < -0.39 is 18.2 Å². The first kappa shape index (κ1) is 40.6. The average molecular weight is 792 g/mol. The van der Waals surface area contributed by atoms with Crippen LogP contribution in [0.2, 0.25) is 0 Å². The second kappa shape index (κ2) is 18.3. The predicted molar refractivity (Wildman–Crippen MR) is 222 cm³/mol. The van der Waals surface area contributed by atoms with Crippen LogP contribution >= 0.6 is 0 Å². The summed E-state index contributed by atoms with van der Waals surface area (Å²) in [5.74, 6) is 0.332. The number of benzene rings is 2. The minimum absolute atomic E-state index is 0.242. The third-order valence-corrected chi connectivity index (χ3v) is 11.2. The van der Waals surface area contributed by atoms with Gasteiger partial charge in [-0.2, -0.15) is 5.10 Å². The molecule has 0 spiro atoms. The molecule has 304 valence electrons. The maximum Gasteiger partial charge on any atom is 0.300 e. The molecule has 0 aliphatic heterocycles. The Kier molecular flexibility index (Phi) is 12.8. The van der Waals surface area contributed by atoms with Crippen molar-refractivity contribution in [2.24, 2.45) is 0 Å². The number of rotatable bonds is 12. The Morgan fingerprint density at radius 2 is 1.69 bits per heavy atom. The number of aliphatic carboxylic acids is 1. The lowest BCUT2D eigenvalue weighted by atomic mass is 9.95. The highest BCUT2D eigenvalue weighted by molar-refractivity contribution is 5.97. The molecule has 2 aliphatic rings. The van der Waals surface area contributed by atoms with E-state index in [9.17, 15) is 8.78 Å². The summed E-state index contributed by atoms with van der Waals surface area (Å²) in [5.41, 5.74) is 7.28. The first-order valence-corrected chi connectivity index (χ1v) is 20.0. The van der Waals surface area contributed by atoms with Crippen LogP contribution in [0.4, 0.5) is 20.3 Å². The second-order valence-corrected chi connectivity index (χ2v) is 15.3. The monoisotopic (exact) mass is 791 g/mol. The molecule has 0 bridgehead atoms. The van der Waals surface area contributed by atoms with Gasteiger partial charge < -0.3 is 20.5 Å². The summed E-state index contributed by atoms with van der Waals surface area (Å²) in [7, 11) is 3.88. The van der Waals surface area contributed by atoms with E-state index in [1.807, 2.05) is 60.4 Å². The minimum Gasteiger partial charge on any atom is -0.496 e. The van der Waals surface area contributed by atoms with Crippen molar-refractivity contribution in [2.45, 2.75) is 103 Å². The van der Waals surface area contributed by atoms with Crippen molar-refractivity contribution in [3.05, 3.63) is 89.6 Å². The summed E-state index contributed by atoms with van der Waals surface area (Å²) in [6.07, 6.45) is 13.8. The Labute approximate surface area is 337 Å². The number of nitrogens with one attached hydrogen (secondary N) is 2. The molecule has 14 heteroatoms. The zero-order valence-corrected chi connectivity index (χ0v) is 33.5. The highest BCUT2D eigenvalue weighted by Gasteiger charge is 2.23. The van der Waals surface area contributed by atoms with Crippen LogP contribution in [0.1, 0.15) is 93.7 Å². The van der Waals surface area contributed by atoms with Crippen molar-refractivity contribution >= 4 is 39.4 Å². The Bertz CT molecular complexity index is 2370. The molecule has 58 heavy (non-hydrogen) atoms. The van der Waals surface area contributed by atoms with Gasteiger partial charge in [-0.05, 0) is 80.1 Å². The van der Waals surface area contributed by atoms with Crippen molar-refractivity contribution in [2.75, 3.05) is 19.5 Å². The quantitative estimate of drug-likeness (QED) is 0.109. The molecule has 12 nitrogen and oxygen atoms in total. The van der Waals surface area contributed by atoms with E-state index in [1.165, 1.54) is 44.9 Å². The normalized spacial score (nSPS) is 15.0. The largest absolute Gasteiger partial charge is 0.496 e. The summed E-state index contributed by atoms with van der Waals surface area (Å²) < 4.78 is 35.9. The van der Waals surface area contributed by atoms with Gasteiger partial charge in [0.25, 0.3) is 12.4 Å². The van der Waals surface area contributed by atoms with Crippen molar-refractivity contribution < 1.29 is 23.4 Å². The average Bonchev–Trinajstić information content (AvgIpc) is 3.93. The van der Waals surface area contributed by atoms with E-state index in [1.54, 1.807) is 13.3 Å². The fourth-order valence-electron chi connectivity index (χ4n) is 8.21. The van der Waals surface area contributed by atoms with Crippen LogP contribution in [-0.2, 0) is 17.9 Å². The van der Waals surface area contributed by atoms with Gasteiger partial charge in [0.05, 0.1) is 24.3 Å². The Hall–Kier alpha value is -5.60. The van der Waals surface area contributed by atoms with Crippen LogP contribution in [-0.4, -0.2) is 71.9 Å². The number of fused-ring (bicyclic) bond motifs is 2. The van der Waals surface area contributed by atoms with E-state index in [0.717, 1.165) is 76.5 Å². The number of anilines is 2. The molecule has 0 amide bonds. The van der Waals surface area contributed by atoms with Crippen LogP contribution in [0.15, 0.2) is 67.1 Å². The number of carbonyl (C=O) groups is 1. The van der Waals surface area contributed by atoms with Crippen molar-refractivity contribution in [1.82, 2.24) is 39.9 Å². The van der Waals surface area contributed by atoms with E-state index in [2.05, 4.69) is 49.7 Å². The minimum atomic E-state index is -2.83. The third-order valence-electron chi connectivity index (χ3n) is 11.2. The molecule has 4 aromatic heterocycles. The highest BCUT2D eigenvalue weighted by Crippen LogP contribution is 2.37. The summed E-state index contributed by atoms with van der Waals surface area (Å²) in [4.78, 5) is 29.4. The smallest absolute Gasteiger partial charge is 0.300 e. The molecule has 0 radical (unpaired) electrons. The van der Waals surface area contributed by atoms with Crippen molar-refractivity contribution in [1.29, 1.82) is 0 Å². The zero-order chi connectivity index (χ0) is 40.8. The fourth-order valence-corrected chi connectivity index (χ4v) is 8.21. The van der Waals surface area contributed by atoms with Gasteiger partial charge in [0.15, 0.2) is 17.5 Å². The topological polar surface area (TPSA) is 143 Å². The summed E-state index contributed by atoms with van der Waals surface area (Å²) >= 11 is 0. The zero-order valence-electron chi connectivity index (χ0n) is 33.5. The summed E-state index contributed by atoms with van der Waals surface area (Å²) in [5, 5.41) is 20.1. The number of halogens is 2. The maximum atomic E-state index is 14.1. The molecule has 0 saturated heterocycles. The molecular weight excluding hydrogens is 741 g/mol. The maximum absolute atomic E-state index is 14.1. The molecule has 0 unspecified atom stereocenters. The van der Waals surface area contributed by atoms with Gasteiger partial charge in [0.2, 0.25) is 0 Å². The molecule has 4 heterocycles. The molecule has 3 N–H and O–H groups in total. The van der Waals surface area contributed by atoms with Gasteiger partial charge in [-0.15, -0.1) is 0 Å². The Balaban J connectivity index is 0.00000122. The lowest BCUT2D eigenvalue weighted by molar-refractivity contribution is -0.134. The Morgan fingerprint density at radius 3 is 2.43 bits per heavy atom. The number of hydrogen-bond acceptors (Lipinski definition) is 10. The van der Waals surface area contributed by atoms with Gasteiger partial charge in [0, 0.05) is 67.2 Å². The predicted octanol–water partition coefficient (Wildman–Crippen LogP) is 9.31. The van der Waals surface area contributed by atoms with Crippen LogP contribution in [0.5, 0.6) is 5.75 Å². The van der Waals surface area contributed by atoms with Crippen LogP contribution in [0, 0.1) is 6.92 Å². The number of carboxylic acids is 1. The fraction of sp³-hybridized carbons (Fsp3) is 0.409. The summed E-state index contributed by atoms with van der Waals surface area (Å²) in [6.45, 7) is 4.48. The number of methoxy groups -OCH3 is 1. The Morgan fingerprint density at radius 1 is 0.966 bits per heavy atom. The molecule has 2 aliphatic carbocycles. The van der Waals surface area contributed by atoms with E-state index in [-0.39, 0.29) is 5.82 Å². The van der Waals surface area contributed by atoms with Gasteiger partial charge in [-0.3, -0.25) is 14.7 Å². The molecule has 8 rings (SSSR count). The van der Waals surface area contributed by atoms with Crippen molar-refractivity contribution in [3.8, 4) is 22.7 Å². The second-order valence-electron chi connectivity index (χ2n) is 15.3. The van der Waals surface area contributed by atoms with Crippen molar-refractivity contribution in [3.63, 3.8) is 0 Å². The summed E-state index contributed by atoms with van der Waals surface area (Å²) in [6, 6.07) is 16.9. The molecule has 6 aromatic rings. The molecule has 2 saturated carbocycles. The van der Waals surface area contributed by atoms with E-state index in [4.69, 9.17) is 24.7 Å².